The summed E-state index contributed by atoms with van der Waals surface area (Å²) in [5.74, 6) is 0. The van der Waals surface area contributed by atoms with Gasteiger partial charge in [-0.3, -0.25) is 4.90 Å². The van der Waals surface area contributed by atoms with Crippen molar-refractivity contribution in [2.24, 2.45) is 0 Å². The van der Waals surface area contributed by atoms with Gasteiger partial charge in [0.2, 0.25) is 0 Å². The molecule has 0 aliphatic carbocycles. The lowest BCUT2D eigenvalue weighted by Crippen LogP contribution is -2.52. The number of hydrogen-bond donors (Lipinski definition) is 2. The number of aliphatic hydroxyl groups excluding tert-OH is 1. The molecule has 0 amide bonds. The van der Waals surface area contributed by atoms with Gasteiger partial charge in [-0.1, -0.05) is 112 Å². The molecule has 0 heterocycles. The van der Waals surface area contributed by atoms with E-state index in [1.54, 1.807) is 0 Å². The maximum atomic E-state index is 11.5. The van der Waals surface area contributed by atoms with Crippen LogP contribution in [-0.4, -0.2) is 43.6 Å². The van der Waals surface area contributed by atoms with Crippen LogP contribution in [0.25, 0.3) is 0 Å². The molecule has 0 saturated heterocycles. The lowest BCUT2D eigenvalue weighted by Gasteiger charge is -2.41. The average Bonchev–Trinajstić information content (AvgIpc) is 2.85. The van der Waals surface area contributed by atoms with Gasteiger partial charge in [-0.25, -0.2) is 0 Å². The molecular formula is C31H44N2O2Si. The molecule has 0 fully saturated rings. The van der Waals surface area contributed by atoms with Gasteiger partial charge >= 0.3 is 0 Å². The largest absolute Gasteiger partial charge is 0.415 e. The van der Waals surface area contributed by atoms with Gasteiger partial charge in [0.15, 0.2) is 8.32 Å². The van der Waals surface area contributed by atoms with Crippen LogP contribution in [0, 0.1) is 0 Å². The van der Waals surface area contributed by atoms with Crippen molar-refractivity contribution in [2.45, 2.75) is 70.7 Å². The van der Waals surface area contributed by atoms with Crippen LogP contribution in [-0.2, 0) is 24.1 Å². The van der Waals surface area contributed by atoms with E-state index in [1.807, 2.05) is 30.3 Å². The topological polar surface area (TPSA) is 44.7 Å². The van der Waals surface area contributed by atoms with E-state index in [2.05, 4.69) is 105 Å². The fourth-order valence-corrected chi connectivity index (χ4v) is 5.01. The summed E-state index contributed by atoms with van der Waals surface area (Å²) in [5, 5.41) is 15.1. The van der Waals surface area contributed by atoms with E-state index >= 15 is 0 Å². The Balaban J connectivity index is 1.82. The van der Waals surface area contributed by atoms with Crippen LogP contribution in [0.15, 0.2) is 91.0 Å². The van der Waals surface area contributed by atoms with Crippen LogP contribution in [0.3, 0.4) is 0 Å². The van der Waals surface area contributed by atoms with Gasteiger partial charge in [-0.2, -0.15) is 0 Å². The van der Waals surface area contributed by atoms with Crippen molar-refractivity contribution >= 4 is 8.32 Å². The number of nitrogens with zero attached hydrogens (tertiary/aromatic N) is 1. The minimum absolute atomic E-state index is 0.109. The molecule has 3 aromatic carbocycles. The fourth-order valence-electron chi connectivity index (χ4n) is 3.99. The molecule has 0 saturated carbocycles. The van der Waals surface area contributed by atoms with Crippen molar-refractivity contribution in [1.29, 1.82) is 0 Å². The van der Waals surface area contributed by atoms with Crippen LogP contribution < -0.4 is 5.32 Å². The van der Waals surface area contributed by atoms with Gasteiger partial charge in [0.25, 0.3) is 0 Å². The molecule has 0 unspecified atom stereocenters. The van der Waals surface area contributed by atoms with E-state index < -0.39 is 14.4 Å². The highest BCUT2D eigenvalue weighted by Gasteiger charge is 2.39. The molecule has 5 heteroatoms. The molecule has 194 valence electrons. The first-order valence-electron chi connectivity index (χ1n) is 13.0. The number of benzene rings is 3. The molecule has 4 nitrogen and oxygen atoms in total. The van der Waals surface area contributed by atoms with Gasteiger partial charge in [0, 0.05) is 26.2 Å². The molecule has 0 radical (unpaired) electrons. The highest BCUT2D eigenvalue weighted by Crippen LogP contribution is 2.37. The van der Waals surface area contributed by atoms with Gasteiger partial charge in [0.05, 0.1) is 18.8 Å². The number of aliphatic hydroxyl groups is 1. The predicted octanol–water partition coefficient (Wildman–Crippen LogP) is 6.23. The maximum absolute atomic E-state index is 11.5. The van der Waals surface area contributed by atoms with Crippen molar-refractivity contribution in [3.05, 3.63) is 108 Å². The Kier molecular flexibility index (Phi) is 10.5. The second-order valence-corrected chi connectivity index (χ2v) is 16.0. The van der Waals surface area contributed by atoms with Gasteiger partial charge < -0.3 is 14.8 Å². The molecule has 3 rings (SSSR count). The van der Waals surface area contributed by atoms with E-state index in [0.717, 1.165) is 19.6 Å². The van der Waals surface area contributed by atoms with Crippen molar-refractivity contribution in [3.8, 4) is 0 Å². The molecule has 0 aromatic heterocycles. The maximum Gasteiger partial charge on any atom is 0.192 e. The molecule has 36 heavy (non-hydrogen) atoms. The van der Waals surface area contributed by atoms with Crippen molar-refractivity contribution in [2.75, 3.05) is 13.2 Å². The Hall–Kier alpha value is -2.28. The third-order valence-electron chi connectivity index (χ3n) is 7.32. The predicted molar refractivity (Wildman–Crippen MR) is 153 cm³/mol. The second-order valence-electron chi connectivity index (χ2n) is 11.2. The van der Waals surface area contributed by atoms with Crippen molar-refractivity contribution in [3.63, 3.8) is 0 Å². The molecule has 0 spiro atoms. The lowest BCUT2D eigenvalue weighted by molar-refractivity contribution is 0.0105. The van der Waals surface area contributed by atoms with Crippen LogP contribution in [0.2, 0.25) is 18.1 Å². The van der Waals surface area contributed by atoms with E-state index in [0.29, 0.717) is 13.2 Å². The number of rotatable bonds is 13. The summed E-state index contributed by atoms with van der Waals surface area (Å²) in [7, 11) is -1.99. The first-order chi connectivity index (χ1) is 17.2. The Morgan fingerprint density at radius 1 is 0.778 bits per heavy atom. The summed E-state index contributed by atoms with van der Waals surface area (Å²) >= 11 is 0. The minimum Gasteiger partial charge on any atom is -0.415 e. The normalized spacial score (nSPS) is 14.1. The van der Waals surface area contributed by atoms with Crippen LogP contribution >= 0.6 is 0 Å². The third kappa shape index (κ3) is 8.68. The number of nitrogens with one attached hydrogen (secondary N) is 1. The molecule has 0 aliphatic heterocycles. The smallest absolute Gasteiger partial charge is 0.192 e. The average molecular weight is 505 g/mol. The summed E-state index contributed by atoms with van der Waals surface area (Å²) in [6, 6.07) is 31.2. The second kappa shape index (κ2) is 13.3. The monoisotopic (exact) mass is 504 g/mol. The van der Waals surface area contributed by atoms with E-state index in [1.165, 1.54) is 16.7 Å². The third-order valence-corrected chi connectivity index (χ3v) is 11.8. The van der Waals surface area contributed by atoms with Crippen LogP contribution in [0.5, 0.6) is 0 Å². The first-order valence-corrected chi connectivity index (χ1v) is 15.9. The molecular weight excluding hydrogens is 460 g/mol. The summed E-state index contributed by atoms with van der Waals surface area (Å²) in [4.78, 5) is 2.38. The zero-order chi connectivity index (χ0) is 26.0. The Labute approximate surface area is 219 Å². The quantitative estimate of drug-likeness (QED) is 0.271. The summed E-state index contributed by atoms with van der Waals surface area (Å²) in [6.07, 6.45) is -0.578. The Bertz CT molecular complexity index is 966. The SMILES string of the molecule is CC(C)(C)[Si](C)(C)OC[C@@H]([C@@H](O)CNCc1ccccc1)N(Cc1ccccc1)Cc1ccccc1. The summed E-state index contributed by atoms with van der Waals surface area (Å²) < 4.78 is 6.71. The molecule has 3 aromatic rings. The minimum atomic E-state index is -1.99. The standard InChI is InChI=1S/C31H44N2O2Si/c1-31(2,3)36(4,5)35-25-29(30(34)22-32-21-26-15-9-6-10-16-26)33(23-27-17-11-7-12-18-27)24-28-19-13-8-14-20-28/h6-20,29-30,32,34H,21-25H2,1-5H3/t29-,30-/m0/s1. The van der Waals surface area contributed by atoms with Gasteiger partial charge in [-0.15, -0.1) is 0 Å². The van der Waals surface area contributed by atoms with E-state index in [-0.39, 0.29) is 11.1 Å². The Morgan fingerprint density at radius 2 is 1.22 bits per heavy atom. The van der Waals surface area contributed by atoms with E-state index in [9.17, 15) is 5.11 Å². The number of hydrogen-bond acceptors (Lipinski definition) is 4. The van der Waals surface area contributed by atoms with Crippen LogP contribution in [0.1, 0.15) is 37.5 Å². The zero-order valence-electron chi connectivity index (χ0n) is 22.7. The van der Waals surface area contributed by atoms with Gasteiger partial charge in [0.1, 0.15) is 0 Å². The van der Waals surface area contributed by atoms with E-state index in [4.69, 9.17) is 4.43 Å². The van der Waals surface area contributed by atoms with Crippen molar-refractivity contribution in [1.82, 2.24) is 10.2 Å². The first kappa shape index (κ1) is 28.3. The molecule has 0 bridgehead atoms. The summed E-state index contributed by atoms with van der Waals surface area (Å²) in [5.41, 5.74) is 3.68. The summed E-state index contributed by atoms with van der Waals surface area (Å²) in [6.45, 7) is 14.6. The molecule has 0 aliphatic rings. The highest BCUT2D eigenvalue weighted by molar-refractivity contribution is 6.74. The fraction of sp³-hybridized carbons (Fsp3) is 0.419. The highest BCUT2D eigenvalue weighted by atomic mass is 28.4. The van der Waals surface area contributed by atoms with Gasteiger partial charge in [-0.05, 0) is 34.8 Å². The van der Waals surface area contributed by atoms with Crippen molar-refractivity contribution < 1.29 is 9.53 Å². The Morgan fingerprint density at radius 3 is 1.67 bits per heavy atom. The zero-order valence-corrected chi connectivity index (χ0v) is 23.7. The molecule has 2 atom stereocenters. The molecule has 2 N–H and O–H groups in total. The van der Waals surface area contributed by atoms with Crippen LogP contribution in [0.4, 0.5) is 0 Å². The lowest BCUT2D eigenvalue weighted by atomic mass is 10.1.